The van der Waals surface area contributed by atoms with Gasteiger partial charge in [0.2, 0.25) is 0 Å². The van der Waals surface area contributed by atoms with Crippen LogP contribution >= 0.6 is 11.6 Å². The van der Waals surface area contributed by atoms with E-state index in [9.17, 15) is 4.79 Å². The van der Waals surface area contributed by atoms with Gasteiger partial charge >= 0.3 is 0 Å². The van der Waals surface area contributed by atoms with Crippen LogP contribution in [0.2, 0.25) is 5.02 Å². The minimum Gasteiger partial charge on any atom is -0.320 e. The molecule has 0 bridgehead atoms. The lowest BCUT2D eigenvalue weighted by Gasteiger charge is -2.25. The first kappa shape index (κ1) is 20.1. The molecule has 1 atom stereocenters. The number of nitrogens with one attached hydrogen (secondary N) is 2. The van der Waals surface area contributed by atoms with Gasteiger partial charge in [-0.3, -0.25) is 4.79 Å². The molecule has 0 fully saturated rings. The van der Waals surface area contributed by atoms with E-state index < -0.39 is 0 Å². The molecule has 1 amide bonds. The molecule has 0 heterocycles. The number of amides is 1. The van der Waals surface area contributed by atoms with Gasteiger partial charge in [-0.1, -0.05) is 78.3 Å². The third-order valence-corrected chi connectivity index (χ3v) is 5.19. The Hall–Kier alpha value is -2.62. The van der Waals surface area contributed by atoms with E-state index in [1.54, 1.807) is 0 Å². The van der Waals surface area contributed by atoms with Crippen LogP contribution in [0.15, 0.2) is 72.8 Å². The summed E-state index contributed by atoms with van der Waals surface area (Å²) >= 11 is 6.35. The van der Waals surface area contributed by atoms with E-state index in [4.69, 9.17) is 11.6 Å². The highest BCUT2D eigenvalue weighted by atomic mass is 35.5. The number of quaternary nitrogens is 1. The van der Waals surface area contributed by atoms with Crippen molar-refractivity contribution in [3.8, 4) is 0 Å². The van der Waals surface area contributed by atoms with Crippen LogP contribution in [-0.2, 0) is 4.79 Å². The highest BCUT2D eigenvalue weighted by molar-refractivity contribution is 6.34. The Labute approximate surface area is 172 Å². The summed E-state index contributed by atoms with van der Waals surface area (Å²) in [6.07, 6.45) is 0. The maximum absolute atomic E-state index is 12.8. The monoisotopic (exact) mass is 393 g/mol. The molecule has 1 unspecified atom stereocenters. The summed E-state index contributed by atoms with van der Waals surface area (Å²) in [6, 6.07) is 24.6. The number of benzene rings is 3. The van der Waals surface area contributed by atoms with Gasteiger partial charge in [-0.15, -0.1) is 0 Å². The second-order valence-corrected chi connectivity index (χ2v) is 7.67. The highest BCUT2D eigenvalue weighted by Gasteiger charge is 2.25. The van der Waals surface area contributed by atoms with Gasteiger partial charge in [0.15, 0.2) is 6.54 Å². The molecular formula is C24H26ClN2O+. The molecule has 0 aliphatic rings. The molecule has 3 aromatic rings. The van der Waals surface area contributed by atoms with Gasteiger partial charge in [-0.05, 0) is 31.0 Å². The van der Waals surface area contributed by atoms with Gasteiger partial charge < -0.3 is 10.2 Å². The smallest absolute Gasteiger partial charge is 0.279 e. The van der Waals surface area contributed by atoms with E-state index in [0.29, 0.717) is 17.3 Å². The normalized spacial score (nSPS) is 12.0. The van der Waals surface area contributed by atoms with Crippen LogP contribution in [0.3, 0.4) is 0 Å². The highest BCUT2D eigenvalue weighted by Crippen LogP contribution is 2.27. The third kappa shape index (κ3) is 4.80. The first-order valence-electron chi connectivity index (χ1n) is 9.44. The van der Waals surface area contributed by atoms with Gasteiger partial charge in [0, 0.05) is 11.1 Å². The van der Waals surface area contributed by atoms with E-state index in [1.165, 1.54) is 11.1 Å². The molecule has 144 valence electrons. The SMILES string of the molecule is Cc1cc(C)c(NC(=O)C[NH+](C)C(c2ccccc2)c2ccccc2)c(Cl)c1. The summed E-state index contributed by atoms with van der Waals surface area (Å²) in [6.45, 7) is 4.28. The van der Waals surface area contributed by atoms with Crippen LogP contribution < -0.4 is 10.2 Å². The summed E-state index contributed by atoms with van der Waals surface area (Å²) in [7, 11) is 2.05. The number of aryl methyl sites for hydroxylation is 2. The predicted octanol–water partition coefficient (Wildman–Crippen LogP) is 4.20. The molecule has 3 rings (SSSR count). The zero-order valence-corrected chi connectivity index (χ0v) is 17.3. The average molecular weight is 394 g/mol. The molecule has 2 N–H and O–H groups in total. The lowest BCUT2D eigenvalue weighted by atomic mass is 9.97. The van der Waals surface area contributed by atoms with E-state index in [2.05, 4.69) is 29.6 Å². The van der Waals surface area contributed by atoms with Gasteiger partial charge in [0.1, 0.15) is 6.04 Å². The van der Waals surface area contributed by atoms with Crippen LogP contribution in [0, 0.1) is 13.8 Å². The topological polar surface area (TPSA) is 33.5 Å². The van der Waals surface area contributed by atoms with Crippen molar-refractivity contribution in [2.45, 2.75) is 19.9 Å². The number of rotatable bonds is 6. The molecule has 0 saturated carbocycles. The Morgan fingerprint density at radius 3 is 2.00 bits per heavy atom. The van der Waals surface area contributed by atoms with E-state index in [1.807, 2.05) is 69.4 Å². The van der Waals surface area contributed by atoms with Gasteiger partial charge in [0.05, 0.1) is 17.8 Å². The standard InChI is InChI=1S/C24H25ClN2O/c1-17-14-18(2)23(21(25)15-17)26-22(28)16-27(3)24(19-10-6-4-7-11-19)20-12-8-5-9-13-20/h4-15,24H,16H2,1-3H3,(H,26,28)/p+1. The van der Waals surface area contributed by atoms with Crippen molar-refractivity contribution in [1.29, 1.82) is 0 Å². The van der Waals surface area contributed by atoms with Gasteiger partial charge in [-0.25, -0.2) is 0 Å². The Kier molecular flexibility index (Phi) is 6.50. The largest absolute Gasteiger partial charge is 0.320 e. The fourth-order valence-corrected chi connectivity index (χ4v) is 4.03. The average Bonchev–Trinajstić information content (AvgIpc) is 2.66. The fraction of sp³-hybridized carbons (Fsp3) is 0.208. The van der Waals surface area contributed by atoms with Crippen molar-refractivity contribution < 1.29 is 9.69 Å². The van der Waals surface area contributed by atoms with E-state index >= 15 is 0 Å². The third-order valence-electron chi connectivity index (χ3n) is 4.89. The van der Waals surface area contributed by atoms with Crippen molar-refractivity contribution in [1.82, 2.24) is 0 Å². The lowest BCUT2D eigenvalue weighted by Crippen LogP contribution is -3.10. The van der Waals surface area contributed by atoms with E-state index in [0.717, 1.165) is 16.0 Å². The maximum Gasteiger partial charge on any atom is 0.279 e. The van der Waals surface area contributed by atoms with Gasteiger partial charge in [0.25, 0.3) is 5.91 Å². The predicted molar refractivity (Wildman–Crippen MR) is 116 cm³/mol. The second kappa shape index (κ2) is 9.05. The Bertz CT molecular complexity index is 879. The van der Waals surface area contributed by atoms with Crippen molar-refractivity contribution in [2.24, 2.45) is 0 Å². The molecule has 3 aromatic carbocycles. The second-order valence-electron chi connectivity index (χ2n) is 7.26. The fourth-order valence-electron chi connectivity index (χ4n) is 3.67. The number of hydrogen-bond donors (Lipinski definition) is 2. The minimum atomic E-state index is -0.0526. The number of carbonyl (C=O) groups is 1. The molecule has 0 aromatic heterocycles. The Morgan fingerprint density at radius 2 is 1.50 bits per heavy atom. The van der Waals surface area contributed by atoms with Crippen molar-refractivity contribution in [3.63, 3.8) is 0 Å². The van der Waals surface area contributed by atoms with Crippen LogP contribution in [0.5, 0.6) is 0 Å². The summed E-state index contributed by atoms with van der Waals surface area (Å²) in [5.74, 6) is -0.0526. The van der Waals surface area contributed by atoms with Crippen molar-refractivity contribution in [3.05, 3.63) is 100 Å². The molecule has 4 heteroatoms. The molecule has 0 aliphatic heterocycles. The first-order valence-corrected chi connectivity index (χ1v) is 9.82. The van der Waals surface area contributed by atoms with Crippen LogP contribution in [0.4, 0.5) is 5.69 Å². The summed E-state index contributed by atoms with van der Waals surface area (Å²) < 4.78 is 0. The number of anilines is 1. The van der Waals surface area contributed by atoms with Crippen molar-refractivity contribution in [2.75, 3.05) is 18.9 Å². The number of carbonyl (C=O) groups excluding carboxylic acids is 1. The van der Waals surface area contributed by atoms with Crippen LogP contribution in [0.25, 0.3) is 0 Å². The molecule has 28 heavy (non-hydrogen) atoms. The Balaban J connectivity index is 1.81. The number of likely N-dealkylation sites (N-methyl/N-ethyl adjacent to an activating group) is 1. The van der Waals surface area contributed by atoms with Crippen LogP contribution in [0.1, 0.15) is 28.3 Å². The van der Waals surface area contributed by atoms with Crippen molar-refractivity contribution >= 4 is 23.2 Å². The molecule has 0 spiro atoms. The Morgan fingerprint density at radius 1 is 0.964 bits per heavy atom. The molecule has 0 radical (unpaired) electrons. The van der Waals surface area contributed by atoms with Crippen LogP contribution in [-0.4, -0.2) is 19.5 Å². The first-order chi connectivity index (χ1) is 13.5. The van der Waals surface area contributed by atoms with Gasteiger partial charge in [-0.2, -0.15) is 0 Å². The minimum absolute atomic E-state index is 0.0526. The maximum atomic E-state index is 12.8. The summed E-state index contributed by atoms with van der Waals surface area (Å²) in [4.78, 5) is 13.9. The molecule has 0 saturated heterocycles. The summed E-state index contributed by atoms with van der Waals surface area (Å²) in [5.41, 5.74) is 5.11. The molecule has 0 aliphatic carbocycles. The quantitative estimate of drug-likeness (QED) is 0.646. The molecule has 3 nitrogen and oxygen atoms in total. The number of hydrogen-bond acceptors (Lipinski definition) is 1. The van der Waals surface area contributed by atoms with E-state index in [-0.39, 0.29) is 11.9 Å². The number of halogens is 1. The lowest BCUT2D eigenvalue weighted by molar-refractivity contribution is -0.897. The zero-order chi connectivity index (χ0) is 20.1. The zero-order valence-electron chi connectivity index (χ0n) is 16.5. The molecular weight excluding hydrogens is 368 g/mol. The summed E-state index contributed by atoms with van der Waals surface area (Å²) in [5, 5.41) is 3.58.